The first-order valence-electron chi connectivity index (χ1n) is 8.07. The molecule has 122 valence electrons. The highest BCUT2D eigenvalue weighted by Gasteiger charge is 2.28. The molecule has 4 nitrogen and oxygen atoms in total. The highest BCUT2D eigenvalue weighted by Crippen LogP contribution is 2.27. The fourth-order valence-electron chi connectivity index (χ4n) is 3.10. The number of halogens is 1. The van der Waals surface area contributed by atoms with Gasteiger partial charge in [0, 0.05) is 13.1 Å². The first kappa shape index (κ1) is 17.5. The van der Waals surface area contributed by atoms with Crippen LogP contribution in [-0.4, -0.2) is 48.5 Å². The van der Waals surface area contributed by atoms with Crippen molar-refractivity contribution in [2.24, 2.45) is 10.7 Å². The zero-order valence-electron chi connectivity index (χ0n) is 13.3. The van der Waals surface area contributed by atoms with Gasteiger partial charge in [0.1, 0.15) is 0 Å². The lowest BCUT2D eigenvalue weighted by Gasteiger charge is -2.27. The Morgan fingerprint density at radius 2 is 1.91 bits per heavy atom. The minimum Gasteiger partial charge on any atom is -0.370 e. The number of benzene rings is 1. The van der Waals surface area contributed by atoms with Crippen LogP contribution < -0.4 is 5.73 Å². The van der Waals surface area contributed by atoms with E-state index >= 15 is 0 Å². The monoisotopic (exact) mass is 414 g/mol. The van der Waals surface area contributed by atoms with E-state index in [1.807, 2.05) is 0 Å². The van der Waals surface area contributed by atoms with Crippen LogP contribution in [0.5, 0.6) is 0 Å². The number of aliphatic imine (C=N–C) groups is 1. The second-order valence-corrected chi connectivity index (χ2v) is 6.21. The fourth-order valence-corrected chi connectivity index (χ4v) is 3.10. The molecular weight excluding hydrogens is 387 g/mol. The van der Waals surface area contributed by atoms with Crippen LogP contribution in [0.3, 0.4) is 0 Å². The SMILES string of the molecule is CN(C(N)=NCC(c1ccccc1)N1CCCC1)C1CC1.I. The number of nitrogens with two attached hydrogens (primary N) is 1. The van der Waals surface area contributed by atoms with Gasteiger partial charge in [-0.2, -0.15) is 0 Å². The molecule has 5 heteroatoms. The first-order valence-corrected chi connectivity index (χ1v) is 8.07. The molecule has 22 heavy (non-hydrogen) atoms. The smallest absolute Gasteiger partial charge is 0.191 e. The predicted octanol–water partition coefficient (Wildman–Crippen LogP) is 2.85. The van der Waals surface area contributed by atoms with Crippen LogP contribution in [0, 0.1) is 0 Å². The summed E-state index contributed by atoms with van der Waals surface area (Å²) in [5, 5.41) is 0. The molecule has 0 radical (unpaired) electrons. The molecule has 1 atom stereocenters. The molecule has 0 spiro atoms. The van der Waals surface area contributed by atoms with Crippen molar-refractivity contribution >= 4 is 29.9 Å². The van der Waals surface area contributed by atoms with E-state index in [9.17, 15) is 0 Å². The van der Waals surface area contributed by atoms with Crippen molar-refractivity contribution in [2.75, 3.05) is 26.7 Å². The minimum absolute atomic E-state index is 0. The van der Waals surface area contributed by atoms with Crippen LogP contribution in [-0.2, 0) is 0 Å². The Balaban J connectivity index is 0.00000176. The van der Waals surface area contributed by atoms with E-state index in [2.05, 4.69) is 52.2 Å². The minimum atomic E-state index is 0. The van der Waals surface area contributed by atoms with Crippen molar-refractivity contribution in [2.45, 2.75) is 37.8 Å². The van der Waals surface area contributed by atoms with E-state index in [1.54, 1.807) is 0 Å². The highest BCUT2D eigenvalue weighted by molar-refractivity contribution is 14.0. The molecule has 2 N–H and O–H groups in total. The quantitative estimate of drug-likeness (QED) is 0.458. The number of nitrogens with zero attached hydrogens (tertiary/aromatic N) is 3. The zero-order valence-corrected chi connectivity index (χ0v) is 15.6. The molecule has 1 aliphatic heterocycles. The second-order valence-electron chi connectivity index (χ2n) is 6.21. The molecule has 1 unspecified atom stereocenters. The van der Waals surface area contributed by atoms with Crippen LogP contribution in [0.25, 0.3) is 0 Å². The van der Waals surface area contributed by atoms with E-state index < -0.39 is 0 Å². The summed E-state index contributed by atoms with van der Waals surface area (Å²) in [6.07, 6.45) is 5.09. The number of rotatable bonds is 5. The number of hydrogen-bond acceptors (Lipinski definition) is 2. The Morgan fingerprint density at radius 1 is 1.27 bits per heavy atom. The van der Waals surface area contributed by atoms with Gasteiger partial charge in [-0.25, -0.2) is 0 Å². The first-order chi connectivity index (χ1) is 10.3. The van der Waals surface area contributed by atoms with Gasteiger partial charge in [-0.1, -0.05) is 30.3 Å². The van der Waals surface area contributed by atoms with Gasteiger partial charge in [-0.05, 0) is 44.3 Å². The van der Waals surface area contributed by atoms with Crippen molar-refractivity contribution in [1.29, 1.82) is 0 Å². The average molecular weight is 414 g/mol. The summed E-state index contributed by atoms with van der Waals surface area (Å²) < 4.78 is 0. The molecule has 1 saturated heterocycles. The summed E-state index contributed by atoms with van der Waals surface area (Å²) in [6.45, 7) is 3.10. The summed E-state index contributed by atoms with van der Waals surface area (Å²) in [5.41, 5.74) is 7.49. The van der Waals surface area contributed by atoms with Gasteiger partial charge in [0.05, 0.1) is 12.6 Å². The lowest BCUT2D eigenvalue weighted by molar-refractivity contribution is 0.251. The van der Waals surface area contributed by atoms with Gasteiger partial charge in [0.25, 0.3) is 0 Å². The third kappa shape index (κ3) is 4.35. The van der Waals surface area contributed by atoms with Crippen LogP contribution in [0.4, 0.5) is 0 Å². The van der Waals surface area contributed by atoms with Crippen molar-refractivity contribution < 1.29 is 0 Å². The zero-order chi connectivity index (χ0) is 14.7. The summed E-state index contributed by atoms with van der Waals surface area (Å²) in [6, 6.07) is 11.7. The molecule has 1 heterocycles. The van der Waals surface area contributed by atoms with Gasteiger partial charge >= 0.3 is 0 Å². The summed E-state index contributed by atoms with van der Waals surface area (Å²) >= 11 is 0. The van der Waals surface area contributed by atoms with Crippen molar-refractivity contribution in [3.8, 4) is 0 Å². The molecule has 1 aromatic carbocycles. The molecular formula is C17H27IN4. The Hall–Kier alpha value is -0.820. The molecule has 0 aromatic heterocycles. The lowest BCUT2D eigenvalue weighted by atomic mass is 10.1. The van der Waals surface area contributed by atoms with Gasteiger partial charge < -0.3 is 10.6 Å². The maximum atomic E-state index is 6.14. The van der Waals surface area contributed by atoms with E-state index in [-0.39, 0.29) is 24.0 Å². The molecule has 1 saturated carbocycles. The largest absolute Gasteiger partial charge is 0.370 e. The molecule has 1 aliphatic carbocycles. The van der Waals surface area contributed by atoms with Crippen LogP contribution in [0.15, 0.2) is 35.3 Å². The Bertz CT molecular complexity index is 481. The summed E-state index contributed by atoms with van der Waals surface area (Å²) in [4.78, 5) is 9.36. The standard InChI is InChI=1S/C17H26N4.HI/c1-20(15-9-10-15)17(18)19-13-16(21-11-5-6-12-21)14-7-3-2-4-8-14;/h2-4,7-8,15-16H,5-6,9-13H2,1H3,(H2,18,19);1H. The third-order valence-electron chi connectivity index (χ3n) is 4.65. The normalized spacial score (nSPS) is 20.5. The van der Waals surface area contributed by atoms with Crippen molar-refractivity contribution in [3.05, 3.63) is 35.9 Å². The van der Waals surface area contributed by atoms with Crippen LogP contribution in [0.1, 0.15) is 37.3 Å². The summed E-state index contributed by atoms with van der Waals surface area (Å²) in [7, 11) is 2.06. The van der Waals surface area contributed by atoms with Gasteiger partial charge in [0.15, 0.2) is 5.96 Å². The number of likely N-dealkylation sites (tertiary alicyclic amines) is 1. The molecule has 2 aliphatic rings. The lowest BCUT2D eigenvalue weighted by Crippen LogP contribution is -2.37. The fraction of sp³-hybridized carbons (Fsp3) is 0.588. The van der Waals surface area contributed by atoms with E-state index in [4.69, 9.17) is 5.73 Å². The second kappa shape index (κ2) is 8.15. The van der Waals surface area contributed by atoms with E-state index in [0.717, 1.165) is 6.54 Å². The highest BCUT2D eigenvalue weighted by atomic mass is 127. The predicted molar refractivity (Wildman–Crippen MR) is 103 cm³/mol. The average Bonchev–Trinajstić information content (AvgIpc) is 3.24. The van der Waals surface area contributed by atoms with Gasteiger partial charge in [-0.15, -0.1) is 24.0 Å². The van der Waals surface area contributed by atoms with E-state index in [1.165, 1.54) is 44.3 Å². The van der Waals surface area contributed by atoms with Crippen LogP contribution >= 0.6 is 24.0 Å². The molecule has 3 rings (SSSR count). The Labute approximate surface area is 150 Å². The van der Waals surface area contributed by atoms with Gasteiger partial charge in [0.2, 0.25) is 0 Å². The third-order valence-corrected chi connectivity index (χ3v) is 4.65. The Kier molecular flexibility index (Phi) is 6.50. The maximum absolute atomic E-state index is 6.14. The summed E-state index contributed by atoms with van der Waals surface area (Å²) in [5.74, 6) is 0.692. The van der Waals surface area contributed by atoms with E-state index in [0.29, 0.717) is 18.0 Å². The number of hydrogen-bond donors (Lipinski definition) is 1. The molecule has 0 amide bonds. The number of guanidine groups is 1. The topological polar surface area (TPSA) is 44.9 Å². The maximum Gasteiger partial charge on any atom is 0.191 e. The van der Waals surface area contributed by atoms with Gasteiger partial charge in [-0.3, -0.25) is 9.89 Å². The van der Waals surface area contributed by atoms with Crippen molar-refractivity contribution in [3.63, 3.8) is 0 Å². The Morgan fingerprint density at radius 3 is 2.50 bits per heavy atom. The van der Waals surface area contributed by atoms with Crippen LogP contribution in [0.2, 0.25) is 0 Å². The molecule has 2 fully saturated rings. The molecule has 1 aromatic rings. The van der Waals surface area contributed by atoms with Crippen molar-refractivity contribution in [1.82, 2.24) is 9.80 Å². The molecule has 0 bridgehead atoms.